The number of nitrogens with one attached hydrogen (secondary N) is 2. The zero-order valence-corrected chi connectivity index (χ0v) is 60.2. The summed E-state index contributed by atoms with van der Waals surface area (Å²) in [5.74, 6) is -6.09. The molecule has 3 heterocycles. The predicted octanol–water partition coefficient (Wildman–Crippen LogP) is 9.24. The van der Waals surface area contributed by atoms with Gasteiger partial charge >= 0.3 is 5.97 Å². The quantitative estimate of drug-likeness (QED) is 0.0252. The number of rotatable bonds is 61. The van der Waals surface area contributed by atoms with Gasteiger partial charge in [0.25, 0.3) is 5.79 Å². The molecule has 3 rings (SSSR count). The first-order valence-corrected chi connectivity index (χ1v) is 38.9. The minimum absolute atomic E-state index is 0.229. The number of carboxylic acids is 1. The van der Waals surface area contributed by atoms with E-state index in [2.05, 4.69) is 24.5 Å². The zero-order valence-electron chi connectivity index (χ0n) is 60.2. The van der Waals surface area contributed by atoms with Gasteiger partial charge in [0, 0.05) is 19.8 Å². The van der Waals surface area contributed by atoms with Crippen LogP contribution in [0.4, 0.5) is 0 Å². The molecule has 18 atom stereocenters. The van der Waals surface area contributed by atoms with E-state index >= 15 is 0 Å². The van der Waals surface area contributed by atoms with E-state index in [9.17, 15) is 75.7 Å². The van der Waals surface area contributed by atoms with Gasteiger partial charge in [0.1, 0.15) is 67.1 Å². The third-order valence-corrected chi connectivity index (χ3v) is 20.1. The van der Waals surface area contributed by atoms with Crippen molar-refractivity contribution >= 4 is 17.8 Å². The Bertz CT molecular complexity index is 1950. The lowest BCUT2D eigenvalue weighted by atomic mass is 9.88. The lowest BCUT2D eigenvalue weighted by Crippen LogP contribution is -2.70. The van der Waals surface area contributed by atoms with Gasteiger partial charge in [0.2, 0.25) is 11.8 Å². The van der Waals surface area contributed by atoms with Gasteiger partial charge in [-0.1, -0.05) is 284 Å². The second-order valence-corrected chi connectivity index (χ2v) is 28.6. The summed E-state index contributed by atoms with van der Waals surface area (Å²) in [5.41, 5.74) is 0. The topological polar surface area (TPSA) is 373 Å². The van der Waals surface area contributed by atoms with Crippen molar-refractivity contribution in [3.63, 3.8) is 0 Å². The molecular weight excluding hydrogens is 1250 g/mol. The molecule has 3 saturated heterocycles. The predicted molar refractivity (Wildman–Crippen MR) is 371 cm³/mol. The first-order chi connectivity index (χ1) is 46.9. The summed E-state index contributed by atoms with van der Waals surface area (Å²) in [6, 6.07) is -2.52. The molecule has 2 amide bonds. The van der Waals surface area contributed by atoms with Crippen LogP contribution in [0, 0.1) is 0 Å². The van der Waals surface area contributed by atoms with Crippen LogP contribution in [0.25, 0.3) is 0 Å². The summed E-state index contributed by atoms with van der Waals surface area (Å²) in [5, 5.41) is 136. The van der Waals surface area contributed by atoms with Gasteiger partial charge in [-0.25, -0.2) is 4.79 Å². The van der Waals surface area contributed by atoms with E-state index < -0.39 is 148 Å². The van der Waals surface area contributed by atoms with E-state index in [1.807, 2.05) is 0 Å². The van der Waals surface area contributed by atoms with Gasteiger partial charge in [-0.15, -0.1) is 0 Å². The van der Waals surface area contributed by atoms with E-state index in [-0.39, 0.29) is 18.9 Å². The molecule has 18 unspecified atom stereocenters. The fourth-order valence-electron chi connectivity index (χ4n) is 13.9. The fraction of sp³-hybridized carbons (Fsp3) is 0.959. The second kappa shape index (κ2) is 54.4. The van der Waals surface area contributed by atoms with Gasteiger partial charge in [-0.05, 0) is 12.8 Å². The second-order valence-electron chi connectivity index (χ2n) is 28.6. The fourth-order valence-corrected chi connectivity index (χ4v) is 13.9. The molecule has 23 nitrogen and oxygen atoms in total. The minimum Gasteiger partial charge on any atom is -0.477 e. The summed E-state index contributed by atoms with van der Waals surface area (Å²) in [7, 11) is 0. The lowest BCUT2D eigenvalue weighted by molar-refractivity contribution is -0.386. The molecule has 0 aromatic rings. The Morgan fingerprint density at radius 2 is 0.897 bits per heavy atom. The van der Waals surface area contributed by atoms with Crippen LogP contribution in [-0.2, 0) is 42.8 Å². The van der Waals surface area contributed by atoms with Crippen LogP contribution in [0.15, 0.2) is 0 Å². The highest BCUT2D eigenvalue weighted by molar-refractivity contribution is 5.77. The maximum atomic E-state index is 13.5. The van der Waals surface area contributed by atoms with E-state index in [4.69, 9.17) is 28.4 Å². The van der Waals surface area contributed by atoms with Crippen molar-refractivity contribution in [1.82, 2.24) is 10.6 Å². The molecule has 97 heavy (non-hydrogen) atoms. The molecule has 0 radical (unpaired) electrons. The maximum Gasteiger partial charge on any atom is 0.364 e. The van der Waals surface area contributed by atoms with Crippen molar-refractivity contribution in [2.45, 2.75) is 426 Å². The van der Waals surface area contributed by atoms with Crippen LogP contribution in [-0.4, -0.2) is 215 Å². The van der Waals surface area contributed by atoms with E-state index in [0.29, 0.717) is 19.3 Å². The van der Waals surface area contributed by atoms with Crippen LogP contribution < -0.4 is 10.6 Å². The molecule has 0 spiro atoms. The van der Waals surface area contributed by atoms with E-state index in [1.165, 1.54) is 218 Å². The Balaban J connectivity index is 1.47. The molecule has 3 fully saturated rings. The summed E-state index contributed by atoms with van der Waals surface area (Å²) in [6.45, 7) is 2.24. The average molecular weight is 1390 g/mol. The number of carbonyl (C=O) groups excluding carboxylic acids is 2. The summed E-state index contributed by atoms with van der Waals surface area (Å²) < 4.78 is 34.9. The van der Waals surface area contributed by atoms with E-state index in [1.54, 1.807) is 0 Å². The van der Waals surface area contributed by atoms with Crippen LogP contribution in [0.3, 0.4) is 0 Å². The minimum atomic E-state index is -3.08. The third kappa shape index (κ3) is 35.7. The number of aliphatic hydroxyl groups excluding tert-OH is 11. The van der Waals surface area contributed by atoms with Crippen molar-refractivity contribution in [1.29, 1.82) is 0 Å². The smallest absolute Gasteiger partial charge is 0.364 e. The van der Waals surface area contributed by atoms with Crippen LogP contribution in [0.5, 0.6) is 0 Å². The molecule has 3 aliphatic heterocycles. The average Bonchev–Trinajstić information content (AvgIpc) is 0.758. The van der Waals surface area contributed by atoms with Gasteiger partial charge < -0.3 is 100 Å². The Morgan fingerprint density at radius 3 is 1.29 bits per heavy atom. The summed E-state index contributed by atoms with van der Waals surface area (Å²) in [4.78, 5) is 38.6. The number of hydrogen-bond donors (Lipinski definition) is 14. The highest BCUT2D eigenvalue weighted by Gasteiger charge is 2.60. The maximum absolute atomic E-state index is 13.5. The third-order valence-electron chi connectivity index (χ3n) is 20.1. The Kier molecular flexibility index (Phi) is 49.9. The standard InChI is InChI=1S/C74H140N2O21/c1-4-6-8-10-12-14-16-18-19-20-21-22-23-24-25-26-27-28-29-30-31-32-33-34-36-38-40-42-44-46-48-61(84)76-55(56(81)47-45-43-41-39-37-35-17-15-13-11-9-7-5-2)53-92-71-66(88)65(87)68(60(52-79)94-71)95-72-67(89)70(64(86)59(51-78)93-72)97-74(73(90)91)49-57(82)62(75-54(3)80)69(96-74)63(85)58(83)50-77/h55-60,62-72,77-79,81-83,85-89H,4-53H2,1-3H3,(H,75,80)(H,76,84)(H,90,91). The molecule has 0 aromatic heterocycles. The normalized spacial score (nSPS) is 27.3. The Labute approximate surface area is 582 Å². The molecule has 14 N–H and O–H groups in total. The number of unbranched alkanes of at least 4 members (excludes halogenated alkanes) is 41. The van der Waals surface area contributed by atoms with Crippen LogP contribution >= 0.6 is 0 Å². The molecule has 0 aromatic carbocycles. The molecule has 23 heteroatoms. The number of carboxylic acid groups (broad SMARTS) is 1. The summed E-state index contributed by atoms with van der Waals surface area (Å²) in [6.07, 6.45) is 25.5. The number of aliphatic carboxylic acids is 1. The van der Waals surface area contributed by atoms with Crippen molar-refractivity contribution in [3.8, 4) is 0 Å². The summed E-state index contributed by atoms with van der Waals surface area (Å²) >= 11 is 0. The Hall–Kier alpha value is -2.27. The van der Waals surface area contributed by atoms with Crippen LogP contribution in [0.1, 0.15) is 316 Å². The van der Waals surface area contributed by atoms with Crippen molar-refractivity contribution in [2.75, 3.05) is 26.4 Å². The molecule has 3 aliphatic rings. The Morgan fingerprint density at radius 1 is 0.495 bits per heavy atom. The zero-order chi connectivity index (χ0) is 71.1. The number of ether oxygens (including phenoxy) is 6. The molecule has 0 saturated carbocycles. The molecule has 572 valence electrons. The lowest BCUT2D eigenvalue weighted by Gasteiger charge is -2.50. The van der Waals surface area contributed by atoms with Crippen LogP contribution in [0.2, 0.25) is 0 Å². The van der Waals surface area contributed by atoms with Crippen molar-refractivity contribution in [2.24, 2.45) is 0 Å². The SMILES string of the molecule is CCCCCCCCCCCCCCCCCCCCCCCCCCCCCCCCC(=O)NC(COC1OC(CO)C(OC2OC(CO)C(O)C(OC3(C(=O)O)CC(O)C(NC(C)=O)C(C(O)C(O)CO)O3)C2O)C(O)C1O)C(O)CCCCCCCCCCCCCCC. The number of hydrogen-bond acceptors (Lipinski definition) is 20. The largest absolute Gasteiger partial charge is 0.477 e. The first kappa shape index (κ1) is 88.9. The number of aliphatic hydroxyl groups is 11. The monoisotopic (exact) mass is 1390 g/mol. The molecular formula is C74H140N2O21. The van der Waals surface area contributed by atoms with Gasteiger partial charge in [-0.3, -0.25) is 9.59 Å². The first-order valence-electron chi connectivity index (χ1n) is 38.9. The number of amides is 2. The number of carbonyl (C=O) groups is 3. The van der Waals surface area contributed by atoms with Crippen molar-refractivity contribution in [3.05, 3.63) is 0 Å². The molecule has 0 aliphatic carbocycles. The van der Waals surface area contributed by atoms with Gasteiger partial charge in [-0.2, -0.15) is 0 Å². The van der Waals surface area contributed by atoms with Crippen molar-refractivity contribution < 1.29 is 104 Å². The van der Waals surface area contributed by atoms with E-state index in [0.717, 1.165) is 51.9 Å². The molecule has 0 bridgehead atoms. The highest BCUT2D eigenvalue weighted by atomic mass is 16.8. The van der Waals surface area contributed by atoms with Gasteiger partial charge in [0.05, 0.1) is 50.7 Å². The highest BCUT2D eigenvalue weighted by Crippen LogP contribution is 2.39. The van der Waals surface area contributed by atoms with Gasteiger partial charge in [0.15, 0.2) is 12.6 Å².